The summed E-state index contributed by atoms with van der Waals surface area (Å²) in [6.07, 6.45) is 5.25. The van der Waals surface area contributed by atoms with E-state index in [1.807, 2.05) is 85.7 Å². The SMILES string of the molecule is CN(C)c1ccc(C(C(=O)NC2CCCCC2)N(Cc2ccc3c(c2)OCO3)C(=O)Cn2nnc3ccccc32)cc1. The lowest BCUT2D eigenvalue weighted by Crippen LogP contribution is -2.47. The third-order valence-electron chi connectivity index (χ3n) is 8.05. The summed E-state index contributed by atoms with van der Waals surface area (Å²) in [5.74, 6) is 0.859. The molecular weight excluding hydrogens is 532 g/mol. The first-order valence-electron chi connectivity index (χ1n) is 14.5. The highest BCUT2D eigenvalue weighted by Crippen LogP contribution is 2.34. The number of nitrogens with zero attached hydrogens (tertiary/aromatic N) is 5. The Bertz CT molecular complexity index is 1560. The molecule has 1 fully saturated rings. The predicted octanol–water partition coefficient (Wildman–Crippen LogP) is 4.45. The molecule has 1 atom stereocenters. The zero-order valence-corrected chi connectivity index (χ0v) is 24.0. The third-order valence-corrected chi connectivity index (χ3v) is 8.05. The van der Waals surface area contributed by atoms with Gasteiger partial charge in [-0.05, 0) is 60.4 Å². The molecule has 42 heavy (non-hydrogen) atoms. The number of amides is 2. The lowest BCUT2D eigenvalue weighted by atomic mass is 9.94. The second-order valence-electron chi connectivity index (χ2n) is 11.2. The van der Waals surface area contributed by atoms with Crippen LogP contribution in [0.1, 0.15) is 49.3 Å². The minimum atomic E-state index is -0.851. The van der Waals surface area contributed by atoms with Crippen molar-refractivity contribution >= 4 is 28.5 Å². The van der Waals surface area contributed by atoms with E-state index in [1.54, 1.807) is 9.58 Å². The van der Waals surface area contributed by atoms with Crippen molar-refractivity contribution in [3.63, 3.8) is 0 Å². The molecule has 6 rings (SSSR count). The number of ether oxygens (including phenoxy) is 2. The predicted molar refractivity (Wildman–Crippen MR) is 159 cm³/mol. The Morgan fingerprint density at radius 2 is 1.74 bits per heavy atom. The molecule has 1 aliphatic carbocycles. The largest absolute Gasteiger partial charge is 0.454 e. The summed E-state index contributed by atoms with van der Waals surface area (Å²) in [5, 5.41) is 11.8. The van der Waals surface area contributed by atoms with Gasteiger partial charge in [-0.2, -0.15) is 0 Å². The third kappa shape index (κ3) is 5.88. The van der Waals surface area contributed by atoms with Crippen LogP contribution in [0.2, 0.25) is 0 Å². The summed E-state index contributed by atoms with van der Waals surface area (Å²) < 4.78 is 12.7. The molecule has 2 heterocycles. The number of carbonyl (C=O) groups is 2. The highest BCUT2D eigenvalue weighted by Gasteiger charge is 2.34. The van der Waals surface area contributed by atoms with Gasteiger partial charge in [0.05, 0.1) is 5.52 Å². The molecule has 2 amide bonds. The molecule has 2 aliphatic rings. The van der Waals surface area contributed by atoms with E-state index in [-0.39, 0.29) is 37.7 Å². The minimum absolute atomic E-state index is 0.0615. The average Bonchev–Trinajstić information content (AvgIpc) is 3.64. The first-order valence-corrected chi connectivity index (χ1v) is 14.5. The summed E-state index contributed by atoms with van der Waals surface area (Å²) in [7, 11) is 3.94. The van der Waals surface area contributed by atoms with E-state index in [1.165, 1.54) is 6.42 Å². The summed E-state index contributed by atoms with van der Waals surface area (Å²) in [6.45, 7) is 0.291. The number of para-hydroxylation sites is 1. The van der Waals surface area contributed by atoms with Crippen LogP contribution in [0.5, 0.6) is 11.5 Å². The summed E-state index contributed by atoms with van der Waals surface area (Å²) >= 11 is 0. The average molecular weight is 569 g/mol. The molecule has 3 aromatic carbocycles. The first kappa shape index (κ1) is 27.6. The Hall–Kier alpha value is -4.60. The molecule has 1 saturated carbocycles. The van der Waals surface area contributed by atoms with Crippen molar-refractivity contribution in [1.29, 1.82) is 0 Å². The molecule has 10 nitrogen and oxygen atoms in total. The van der Waals surface area contributed by atoms with Crippen LogP contribution in [-0.4, -0.2) is 58.6 Å². The maximum atomic E-state index is 14.3. The number of nitrogens with one attached hydrogen (secondary N) is 1. The summed E-state index contributed by atoms with van der Waals surface area (Å²) in [5.41, 5.74) is 4.04. The number of hydrogen-bond acceptors (Lipinski definition) is 7. The Kier molecular flexibility index (Phi) is 7.94. The van der Waals surface area contributed by atoms with Crippen molar-refractivity contribution in [2.75, 3.05) is 25.8 Å². The molecule has 1 aliphatic heterocycles. The first-order chi connectivity index (χ1) is 20.5. The molecule has 10 heteroatoms. The van der Waals surface area contributed by atoms with Crippen LogP contribution in [0.4, 0.5) is 5.69 Å². The summed E-state index contributed by atoms with van der Waals surface area (Å²) in [6, 6.07) is 20.2. The van der Waals surface area contributed by atoms with Crippen molar-refractivity contribution in [2.45, 2.75) is 57.3 Å². The van der Waals surface area contributed by atoms with Crippen LogP contribution in [0.3, 0.4) is 0 Å². The number of carbonyl (C=O) groups excluding carboxylic acids is 2. The Balaban J connectivity index is 1.38. The van der Waals surface area contributed by atoms with Gasteiger partial charge in [-0.25, -0.2) is 4.68 Å². The Labute approximate surface area is 245 Å². The fourth-order valence-electron chi connectivity index (χ4n) is 5.77. The minimum Gasteiger partial charge on any atom is -0.454 e. The molecule has 0 saturated heterocycles. The number of hydrogen-bond donors (Lipinski definition) is 1. The van der Waals surface area contributed by atoms with Gasteiger partial charge in [-0.3, -0.25) is 9.59 Å². The monoisotopic (exact) mass is 568 g/mol. The second-order valence-corrected chi connectivity index (χ2v) is 11.2. The standard InChI is InChI=1S/C32H36N6O4/c1-36(2)25-15-13-23(14-16-25)31(32(40)33-24-8-4-3-5-9-24)37(19-22-12-17-28-29(18-22)42-21-41-28)30(39)20-38-27-11-7-6-10-26(27)34-35-38/h6-7,10-18,24,31H,3-5,8-9,19-21H2,1-2H3,(H,33,40). The number of benzene rings is 3. The van der Waals surface area contributed by atoms with E-state index < -0.39 is 6.04 Å². The number of anilines is 1. The van der Waals surface area contributed by atoms with Crippen molar-refractivity contribution in [2.24, 2.45) is 0 Å². The number of fused-ring (bicyclic) bond motifs is 2. The van der Waals surface area contributed by atoms with Gasteiger partial charge in [0.15, 0.2) is 11.5 Å². The van der Waals surface area contributed by atoms with Gasteiger partial charge in [0.1, 0.15) is 18.1 Å². The molecule has 1 aromatic heterocycles. The molecular formula is C32H36N6O4. The van der Waals surface area contributed by atoms with Crippen LogP contribution in [0.25, 0.3) is 11.0 Å². The normalized spacial score (nSPS) is 15.4. The molecule has 0 radical (unpaired) electrons. The van der Waals surface area contributed by atoms with Crippen LogP contribution >= 0.6 is 0 Å². The van der Waals surface area contributed by atoms with Gasteiger partial charge in [-0.15, -0.1) is 5.10 Å². The van der Waals surface area contributed by atoms with Crippen molar-refractivity contribution < 1.29 is 19.1 Å². The van der Waals surface area contributed by atoms with Gasteiger partial charge < -0.3 is 24.6 Å². The van der Waals surface area contributed by atoms with E-state index >= 15 is 0 Å². The maximum absolute atomic E-state index is 14.3. The zero-order chi connectivity index (χ0) is 29.1. The maximum Gasteiger partial charge on any atom is 0.247 e. The highest BCUT2D eigenvalue weighted by atomic mass is 16.7. The zero-order valence-electron chi connectivity index (χ0n) is 24.0. The van der Waals surface area contributed by atoms with Gasteiger partial charge in [0, 0.05) is 32.4 Å². The molecule has 0 spiro atoms. The quantitative estimate of drug-likeness (QED) is 0.318. The fraction of sp³-hybridized carbons (Fsp3) is 0.375. The molecule has 4 aromatic rings. The van der Waals surface area contributed by atoms with Gasteiger partial charge in [0.2, 0.25) is 18.6 Å². The van der Waals surface area contributed by atoms with Crippen LogP contribution in [0, 0.1) is 0 Å². The van der Waals surface area contributed by atoms with Gasteiger partial charge in [-0.1, -0.05) is 54.8 Å². The topological polar surface area (TPSA) is 102 Å². The smallest absolute Gasteiger partial charge is 0.247 e. The lowest BCUT2D eigenvalue weighted by molar-refractivity contribution is -0.142. The van der Waals surface area contributed by atoms with Crippen LogP contribution in [0.15, 0.2) is 66.7 Å². The van der Waals surface area contributed by atoms with E-state index in [0.717, 1.165) is 48.0 Å². The van der Waals surface area contributed by atoms with Crippen molar-refractivity contribution in [3.8, 4) is 11.5 Å². The molecule has 1 N–H and O–H groups in total. The Morgan fingerprint density at radius 3 is 2.52 bits per heavy atom. The number of aromatic nitrogens is 3. The second kappa shape index (κ2) is 12.1. The summed E-state index contributed by atoms with van der Waals surface area (Å²) in [4.78, 5) is 32.1. The Morgan fingerprint density at radius 1 is 0.976 bits per heavy atom. The molecule has 218 valence electrons. The van der Waals surface area contributed by atoms with E-state index in [9.17, 15) is 9.59 Å². The lowest BCUT2D eigenvalue weighted by Gasteiger charge is -2.34. The van der Waals surface area contributed by atoms with Crippen LogP contribution in [-0.2, 0) is 22.7 Å². The fourth-order valence-corrected chi connectivity index (χ4v) is 5.77. The molecule has 0 bridgehead atoms. The highest BCUT2D eigenvalue weighted by molar-refractivity contribution is 5.89. The van der Waals surface area contributed by atoms with Gasteiger partial charge in [0.25, 0.3) is 0 Å². The van der Waals surface area contributed by atoms with E-state index in [2.05, 4.69) is 15.6 Å². The van der Waals surface area contributed by atoms with Crippen LogP contribution < -0.4 is 19.7 Å². The van der Waals surface area contributed by atoms with Crippen molar-refractivity contribution in [1.82, 2.24) is 25.2 Å². The number of rotatable bonds is 9. The van der Waals surface area contributed by atoms with Crippen molar-refractivity contribution in [3.05, 3.63) is 77.9 Å². The van der Waals surface area contributed by atoms with E-state index in [4.69, 9.17) is 9.47 Å². The molecule has 1 unspecified atom stereocenters. The van der Waals surface area contributed by atoms with E-state index in [0.29, 0.717) is 17.0 Å². The van der Waals surface area contributed by atoms with Gasteiger partial charge >= 0.3 is 0 Å².